The number of aryl methyl sites for hydroxylation is 2. The molecule has 0 atom stereocenters. The largest absolute Gasteiger partial charge is 0.573 e. The average molecular weight is 494 g/mol. The summed E-state index contributed by atoms with van der Waals surface area (Å²) in [7, 11) is 1.17. The number of hydrogen-bond donors (Lipinski definition) is 2. The van der Waals surface area contributed by atoms with E-state index in [2.05, 4.69) is 20.0 Å². The molecule has 0 aliphatic heterocycles. The van der Waals surface area contributed by atoms with E-state index in [1.807, 2.05) is 0 Å². The molecule has 0 saturated heterocycles. The fourth-order valence-corrected chi connectivity index (χ4v) is 2.88. The van der Waals surface area contributed by atoms with Crippen LogP contribution in [0.1, 0.15) is 32.1 Å². The van der Waals surface area contributed by atoms with Crippen molar-refractivity contribution in [3.05, 3.63) is 65.0 Å². The fraction of sp³-hybridized carbons (Fsp3) is 0.182. The number of anilines is 1. The van der Waals surface area contributed by atoms with Gasteiger partial charge in [0.1, 0.15) is 17.0 Å². The molecule has 0 unspecified atom stereocenters. The number of carbonyl (C=O) groups excluding carboxylic acids is 2. The van der Waals surface area contributed by atoms with Gasteiger partial charge in [-0.05, 0) is 37.6 Å². The number of alkyl halides is 3. The van der Waals surface area contributed by atoms with Crippen molar-refractivity contribution in [2.24, 2.45) is 5.73 Å². The van der Waals surface area contributed by atoms with Gasteiger partial charge in [-0.1, -0.05) is 0 Å². The number of pyridine rings is 2. The number of methoxy groups -OCH3 is 1. The van der Waals surface area contributed by atoms with Crippen molar-refractivity contribution < 1.29 is 41.4 Å². The summed E-state index contributed by atoms with van der Waals surface area (Å²) < 4.78 is 67.0. The zero-order valence-corrected chi connectivity index (χ0v) is 18.5. The Bertz CT molecular complexity index is 1300. The van der Waals surface area contributed by atoms with Gasteiger partial charge in [0.25, 0.3) is 11.8 Å². The van der Waals surface area contributed by atoms with Gasteiger partial charge in [-0.25, -0.2) is 4.39 Å². The number of nitrogens with one attached hydrogen (secondary N) is 1. The van der Waals surface area contributed by atoms with Gasteiger partial charge in [0.15, 0.2) is 23.1 Å². The Morgan fingerprint density at radius 2 is 1.74 bits per heavy atom. The molecule has 3 aromatic rings. The summed E-state index contributed by atoms with van der Waals surface area (Å²) in [6.07, 6.45) is -2.56. The third-order valence-electron chi connectivity index (χ3n) is 4.58. The van der Waals surface area contributed by atoms with E-state index in [4.69, 9.17) is 15.2 Å². The first kappa shape index (κ1) is 25.2. The average Bonchev–Trinajstić information content (AvgIpc) is 2.77. The molecule has 0 spiro atoms. The number of benzene rings is 1. The summed E-state index contributed by atoms with van der Waals surface area (Å²) in [5.41, 5.74) is 5.02. The van der Waals surface area contributed by atoms with Crippen molar-refractivity contribution in [3.8, 4) is 23.0 Å². The number of rotatable bonds is 7. The van der Waals surface area contributed by atoms with Crippen LogP contribution in [0, 0.1) is 19.7 Å². The Balaban J connectivity index is 1.98. The second-order valence-electron chi connectivity index (χ2n) is 7.06. The minimum Gasteiger partial charge on any atom is -0.493 e. The molecular weight excluding hydrogens is 476 g/mol. The van der Waals surface area contributed by atoms with Gasteiger partial charge in [-0.3, -0.25) is 19.6 Å². The van der Waals surface area contributed by atoms with Crippen LogP contribution in [-0.2, 0) is 0 Å². The number of halogens is 4. The quantitative estimate of drug-likeness (QED) is 0.470. The normalized spacial score (nSPS) is 11.1. The van der Waals surface area contributed by atoms with Crippen LogP contribution >= 0.6 is 0 Å². The lowest BCUT2D eigenvalue weighted by atomic mass is 10.1. The summed E-state index contributed by atoms with van der Waals surface area (Å²) in [5.74, 6) is -4.05. The van der Waals surface area contributed by atoms with Crippen LogP contribution in [0.25, 0.3) is 0 Å². The first-order valence-corrected chi connectivity index (χ1v) is 9.74. The number of nitrogens with zero attached hydrogens (tertiary/aromatic N) is 2. The Kier molecular flexibility index (Phi) is 7.08. The summed E-state index contributed by atoms with van der Waals surface area (Å²) in [6, 6.07) is 4.18. The topological polar surface area (TPSA) is 126 Å². The Labute approximate surface area is 195 Å². The van der Waals surface area contributed by atoms with Crippen LogP contribution in [0.4, 0.5) is 23.2 Å². The minimum absolute atomic E-state index is 0.118. The highest BCUT2D eigenvalue weighted by Gasteiger charge is 2.31. The van der Waals surface area contributed by atoms with Gasteiger partial charge in [0.2, 0.25) is 0 Å². The molecule has 13 heteroatoms. The Hall–Kier alpha value is -4.42. The number of aromatic nitrogens is 2. The molecule has 35 heavy (non-hydrogen) atoms. The molecule has 0 aliphatic rings. The molecule has 0 saturated carbocycles. The molecule has 0 radical (unpaired) electrons. The SMILES string of the molecule is COc1cc(OC(F)(F)F)ccc1Oc1cnc(C)c(F)c1C(=O)Nc1cc(C(N)=O)ncc1C. The third kappa shape index (κ3) is 5.93. The van der Waals surface area contributed by atoms with Gasteiger partial charge >= 0.3 is 6.36 Å². The molecule has 0 aliphatic carbocycles. The lowest BCUT2D eigenvalue weighted by molar-refractivity contribution is -0.274. The standard InChI is InChI=1S/C22H18F4N4O5/c1-10-8-29-14(20(27)31)7-13(10)30-21(32)18-17(9-28-11(2)19(18)23)34-15-5-4-12(6-16(15)33-3)35-22(24,25)26/h4-9H,1-3H3,(H2,27,31)(H,29,30,32). The van der Waals surface area contributed by atoms with Crippen molar-refractivity contribution in [1.82, 2.24) is 9.97 Å². The van der Waals surface area contributed by atoms with Crippen molar-refractivity contribution in [1.29, 1.82) is 0 Å². The second kappa shape index (κ2) is 9.83. The first-order chi connectivity index (χ1) is 16.4. The highest BCUT2D eigenvalue weighted by molar-refractivity contribution is 6.07. The molecule has 9 nitrogen and oxygen atoms in total. The van der Waals surface area contributed by atoms with Crippen LogP contribution in [0.2, 0.25) is 0 Å². The second-order valence-corrected chi connectivity index (χ2v) is 7.06. The van der Waals surface area contributed by atoms with Crippen LogP contribution in [0.15, 0.2) is 36.7 Å². The maximum atomic E-state index is 15.0. The molecule has 184 valence electrons. The third-order valence-corrected chi connectivity index (χ3v) is 4.58. The predicted molar refractivity (Wildman–Crippen MR) is 114 cm³/mol. The van der Waals surface area contributed by atoms with E-state index in [0.29, 0.717) is 5.56 Å². The van der Waals surface area contributed by atoms with Crippen molar-refractivity contribution in [2.45, 2.75) is 20.2 Å². The molecular formula is C22H18F4N4O5. The maximum Gasteiger partial charge on any atom is 0.573 e. The van der Waals surface area contributed by atoms with E-state index in [0.717, 1.165) is 24.4 Å². The number of amides is 2. The fourth-order valence-electron chi connectivity index (χ4n) is 2.88. The molecule has 3 rings (SSSR count). The lowest BCUT2D eigenvalue weighted by Crippen LogP contribution is -2.19. The molecule has 2 heterocycles. The van der Waals surface area contributed by atoms with Crippen molar-refractivity contribution in [3.63, 3.8) is 0 Å². The van der Waals surface area contributed by atoms with Crippen LogP contribution in [0.3, 0.4) is 0 Å². The predicted octanol–water partition coefficient (Wildman–Crippen LogP) is 4.28. The number of carbonyl (C=O) groups is 2. The van der Waals surface area contributed by atoms with E-state index in [1.165, 1.54) is 26.3 Å². The van der Waals surface area contributed by atoms with Crippen LogP contribution < -0.4 is 25.3 Å². The number of ether oxygens (including phenoxy) is 3. The van der Waals surface area contributed by atoms with Gasteiger partial charge < -0.3 is 25.3 Å². The zero-order chi connectivity index (χ0) is 25.9. The molecule has 2 aromatic heterocycles. The molecule has 0 bridgehead atoms. The molecule has 2 amide bonds. The lowest BCUT2D eigenvalue weighted by Gasteiger charge is -2.16. The smallest absolute Gasteiger partial charge is 0.493 e. The minimum atomic E-state index is -4.93. The van der Waals surface area contributed by atoms with Gasteiger partial charge in [0, 0.05) is 18.0 Å². The zero-order valence-electron chi connectivity index (χ0n) is 18.5. The monoisotopic (exact) mass is 494 g/mol. The van der Waals surface area contributed by atoms with Crippen molar-refractivity contribution in [2.75, 3.05) is 12.4 Å². The summed E-state index contributed by atoms with van der Waals surface area (Å²) in [5, 5.41) is 2.47. The highest BCUT2D eigenvalue weighted by Crippen LogP contribution is 2.38. The molecule has 0 fully saturated rings. The van der Waals surface area contributed by atoms with E-state index in [9.17, 15) is 27.2 Å². The van der Waals surface area contributed by atoms with Crippen LogP contribution in [-0.4, -0.2) is 35.3 Å². The van der Waals surface area contributed by atoms with Crippen LogP contribution in [0.5, 0.6) is 23.0 Å². The summed E-state index contributed by atoms with van der Waals surface area (Å²) in [6.45, 7) is 2.91. The number of primary amides is 1. The Morgan fingerprint density at radius 3 is 2.37 bits per heavy atom. The van der Waals surface area contributed by atoms with Gasteiger partial charge in [-0.15, -0.1) is 13.2 Å². The molecule has 1 aromatic carbocycles. The highest BCUT2D eigenvalue weighted by atomic mass is 19.4. The maximum absolute atomic E-state index is 15.0. The summed E-state index contributed by atoms with van der Waals surface area (Å²) in [4.78, 5) is 32.1. The number of nitrogens with two attached hydrogens (primary N) is 1. The van der Waals surface area contributed by atoms with Crippen molar-refractivity contribution >= 4 is 17.5 Å². The van der Waals surface area contributed by atoms with E-state index in [-0.39, 0.29) is 34.3 Å². The Morgan fingerprint density at radius 1 is 1.03 bits per heavy atom. The van der Waals surface area contributed by atoms with E-state index >= 15 is 0 Å². The summed E-state index contributed by atoms with van der Waals surface area (Å²) >= 11 is 0. The van der Waals surface area contributed by atoms with E-state index < -0.39 is 35.3 Å². The van der Waals surface area contributed by atoms with Gasteiger partial charge in [-0.2, -0.15) is 0 Å². The number of hydrogen-bond acceptors (Lipinski definition) is 7. The molecule has 3 N–H and O–H groups in total. The first-order valence-electron chi connectivity index (χ1n) is 9.74. The van der Waals surface area contributed by atoms with Gasteiger partial charge in [0.05, 0.1) is 19.0 Å². The van der Waals surface area contributed by atoms with E-state index in [1.54, 1.807) is 6.92 Å².